The minimum absolute atomic E-state index is 0.00762. The quantitative estimate of drug-likeness (QED) is 0.746. The molecule has 2 aromatic rings. The molecule has 0 N–H and O–H groups in total. The third kappa shape index (κ3) is 3.41. The van der Waals surface area contributed by atoms with Crippen LogP contribution < -0.4 is 4.90 Å². The van der Waals surface area contributed by atoms with Crippen molar-refractivity contribution in [2.75, 3.05) is 31.1 Å². The predicted molar refractivity (Wildman–Crippen MR) is 106 cm³/mol. The number of carbonyl (C=O) groups excluding carboxylic acids is 3. The molecule has 0 bridgehead atoms. The van der Waals surface area contributed by atoms with E-state index in [-0.39, 0.29) is 24.1 Å². The Morgan fingerprint density at radius 1 is 0.893 bits per heavy atom. The summed E-state index contributed by atoms with van der Waals surface area (Å²) >= 11 is 6.18. The topological polar surface area (TPSA) is 60.9 Å². The number of para-hydroxylation sites is 1. The number of rotatable bonds is 3. The Bertz CT molecular complexity index is 910. The first kappa shape index (κ1) is 18.7. The van der Waals surface area contributed by atoms with Gasteiger partial charge in [0.25, 0.3) is 11.8 Å². The Balaban J connectivity index is 1.43. The summed E-state index contributed by atoms with van der Waals surface area (Å²) in [6, 6.07) is 15.5. The van der Waals surface area contributed by atoms with Crippen LogP contribution in [0, 0.1) is 0 Å². The molecule has 2 aliphatic rings. The highest BCUT2D eigenvalue weighted by Crippen LogP contribution is 2.31. The van der Waals surface area contributed by atoms with Crippen LogP contribution in [0.2, 0.25) is 5.02 Å². The lowest BCUT2D eigenvalue weighted by molar-refractivity contribution is -0.123. The van der Waals surface area contributed by atoms with Gasteiger partial charge < -0.3 is 4.90 Å². The number of anilines is 1. The first-order valence-electron chi connectivity index (χ1n) is 9.26. The van der Waals surface area contributed by atoms with Crippen LogP contribution in [-0.2, 0) is 9.59 Å². The summed E-state index contributed by atoms with van der Waals surface area (Å²) in [5.74, 6) is -0.501. The minimum atomic E-state index is -0.502. The number of amides is 3. The van der Waals surface area contributed by atoms with E-state index in [2.05, 4.69) is 0 Å². The highest BCUT2D eigenvalue weighted by molar-refractivity contribution is 6.36. The van der Waals surface area contributed by atoms with Gasteiger partial charge in [0.1, 0.15) is 0 Å². The van der Waals surface area contributed by atoms with Gasteiger partial charge in [-0.2, -0.15) is 0 Å². The molecule has 28 heavy (non-hydrogen) atoms. The molecule has 0 aliphatic carbocycles. The Hall–Kier alpha value is -2.70. The molecule has 1 atom stereocenters. The largest absolute Gasteiger partial charge is 0.336 e. The van der Waals surface area contributed by atoms with Crippen LogP contribution in [0.15, 0.2) is 54.6 Å². The van der Waals surface area contributed by atoms with Crippen LogP contribution in [0.25, 0.3) is 0 Å². The van der Waals surface area contributed by atoms with E-state index >= 15 is 0 Å². The summed E-state index contributed by atoms with van der Waals surface area (Å²) in [6.07, 6.45) is 0.136. The number of benzene rings is 2. The van der Waals surface area contributed by atoms with Crippen molar-refractivity contribution in [3.63, 3.8) is 0 Å². The zero-order valence-corrected chi connectivity index (χ0v) is 16.0. The van der Waals surface area contributed by atoms with Crippen molar-refractivity contribution in [1.29, 1.82) is 0 Å². The van der Waals surface area contributed by atoms with Crippen LogP contribution >= 0.6 is 11.6 Å². The Morgan fingerprint density at radius 2 is 1.54 bits per heavy atom. The lowest BCUT2D eigenvalue weighted by atomic mass is 10.1. The van der Waals surface area contributed by atoms with Gasteiger partial charge in [-0.15, -0.1) is 0 Å². The van der Waals surface area contributed by atoms with E-state index in [0.717, 1.165) is 0 Å². The van der Waals surface area contributed by atoms with Crippen molar-refractivity contribution in [2.45, 2.75) is 12.5 Å². The smallest absolute Gasteiger partial charge is 0.253 e. The van der Waals surface area contributed by atoms with Crippen molar-refractivity contribution < 1.29 is 14.4 Å². The molecule has 4 rings (SSSR count). The molecule has 0 aromatic heterocycles. The van der Waals surface area contributed by atoms with Crippen LogP contribution in [0.5, 0.6) is 0 Å². The van der Waals surface area contributed by atoms with Crippen molar-refractivity contribution in [3.8, 4) is 0 Å². The second kappa shape index (κ2) is 7.73. The Morgan fingerprint density at radius 3 is 2.21 bits per heavy atom. The minimum Gasteiger partial charge on any atom is -0.336 e. The molecule has 2 heterocycles. The summed E-state index contributed by atoms with van der Waals surface area (Å²) in [5.41, 5.74) is 1.09. The number of piperazine rings is 1. The molecule has 0 radical (unpaired) electrons. The third-order valence-electron chi connectivity index (χ3n) is 5.28. The van der Waals surface area contributed by atoms with E-state index in [4.69, 9.17) is 11.6 Å². The van der Waals surface area contributed by atoms with Gasteiger partial charge in [-0.25, -0.2) is 4.90 Å². The molecule has 2 saturated heterocycles. The number of hydrogen-bond donors (Lipinski definition) is 0. The standard InChI is InChI=1S/C21H20ClN3O3/c22-16-8-4-5-9-17(16)25-19(26)14-18(21(25)28)23-10-12-24(13-11-23)20(27)15-6-2-1-3-7-15/h1-9,18H,10-14H2. The molecule has 144 valence electrons. The first-order valence-corrected chi connectivity index (χ1v) is 9.64. The van der Waals surface area contributed by atoms with E-state index in [1.54, 1.807) is 41.3 Å². The van der Waals surface area contributed by atoms with Crippen LogP contribution in [0.4, 0.5) is 5.69 Å². The van der Waals surface area contributed by atoms with E-state index in [1.807, 2.05) is 23.1 Å². The number of nitrogens with zero attached hydrogens (tertiary/aromatic N) is 3. The average Bonchev–Trinajstić information content (AvgIpc) is 3.03. The third-order valence-corrected chi connectivity index (χ3v) is 5.60. The van der Waals surface area contributed by atoms with Crippen molar-refractivity contribution in [2.24, 2.45) is 0 Å². The van der Waals surface area contributed by atoms with Crippen LogP contribution in [-0.4, -0.2) is 59.7 Å². The zero-order valence-electron chi connectivity index (χ0n) is 15.3. The summed E-state index contributed by atoms with van der Waals surface area (Å²) in [7, 11) is 0. The summed E-state index contributed by atoms with van der Waals surface area (Å²) in [5, 5.41) is 0.378. The summed E-state index contributed by atoms with van der Waals surface area (Å²) in [4.78, 5) is 43.0. The van der Waals surface area contributed by atoms with E-state index in [1.165, 1.54) is 4.90 Å². The SMILES string of the molecule is O=C(c1ccccc1)N1CCN(C2CC(=O)N(c3ccccc3Cl)C2=O)CC1. The van der Waals surface area contributed by atoms with Gasteiger partial charge in [-0.1, -0.05) is 41.9 Å². The predicted octanol–water partition coefficient (Wildman–Crippen LogP) is 2.43. The number of carbonyl (C=O) groups is 3. The Kier molecular flexibility index (Phi) is 5.15. The molecular formula is C21H20ClN3O3. The van der Waals surface area contributed by atoms with Gasteiger partial charge in [0.05, 0.1) is 23.2 Å². The van der Waals surface area contributed by atoms with E-state index in [9.17, 15) is 14.4 Å². The van der Waals surface area contributed by atoms with Gasteiger partial charge in [0.2, 0.25) is 5.91 Å². The van der Waals surface area contributed by atoms with Gasteiger partial charge >= 0.3 is 0 Å². The van der Waals surface area contributed by atoms with Crippen molar-refractivity contribution in [1.82, 2.24) is 9.80 Å². The van der Waals surface area contributed by atoms with Crippen LogP contribution in [0.1, 0.15) is 16.8 Å². The van der Waals surface area contributed by atoms with Crippen LogP contribution in [0.3, 0.4) is 0 Å². The van der Waals surface area contributed by atoms with Gasteiger partial charge in [-0.05, 0) is 24.3 Å². The molecule has 1 unspecified atom stereocenters. The van der Waals surface area contributed by atoms with Gasteiger partial charge in [-0.3, -0.25) is 19.3 Å². The maximum Gasteiger partial charge on any atom is 0.253 e. The fraction of sp³-hybridized carbons (Fsp3) is 0.286. The van der Waals surface area contributed by atoms with Crippen molar-refractivity contribution >= 4 is 35.0 Å². The average molecular weight is 398 g/mol. The molecule has 2 fully saturated rings. The highest BCUT2D eigenvalue weighted by atomic mass is 35.5. The fourth-order valence-corrected chi connectivity index (χ4v) is 4.01. The molecule has 2 aliphatic heterocycles. The van der Waals surface area contributed by atoms with Gasteiger partial charge in [0, 0.05) is 31.7 Å². The van der Waals surface area contributed by atoms with E-state index < -0.39 is 6.04 Å². The number of hydrogen-bond acceptors (Lipinski definition) is 4. The maximum absolute atomic E-state index is 12.9. The highest BCUT2D eigenvalue weighted by Gasteiger charge is 2.44. The molecule has 2 aromatic carbocycles. The lowest BCUT2D eigenvalue weighted by Crippen LogP contribution is -2.53. The first-order chi connectivity index (χ1) is 13.6. The second-order valence-corrected chi connectivity index (χ2v) is 7.34. The fourth-order valence-electron chi connectivity index (χ4n) is 3.79. The second-order valence-electron chi connectivity index (χ2n) is 6.93. The Labute approximate surface area is 168 Å². The molecule has 7 heteroatoms. The molecule has 6 nitrogen and oxygen atoms in total. The lowest BCUT2D eigenvalue weighted by Gasteiger charge is -2.37. The van der Waals surface area contributed by atoms with E-state index in [0.29, 0.717) is 42.5 Å². The summed E-state index contributed by atoms with van der Waals surface area (Å²) in [6.45, 7) is 2.16. The van der Waals surface area contributed by atoms with Gasteiger partial charge in [0.15, 0.2) is 0 Å². The molecule has 3 amide bonds. The number of halogens is 1. The maximum atomic E-state index is 12.9. The molecule has 0 spiro atoms. The number of imide groups is 1. The zero-order chi connectivity index (χ0) is 19.7. The molecular weight excluding hydrogens is 378 g/mol. The van der Waals surface area contributed by atoms with Crippen molar-refractivity contribution in [3.05, 3.63) is 65.2 Å². The normalized spacial score (nSPS) is 20.7. The molecule has 0 saturated carbocycles. The summed E-state index contributed by atoms with van der Waals surface area (Å²) < 4.78 is 0. The monoisotopic (exact) mass is 397 g/mol.